The molecule has 3 aromatic rings. The van der Waals surface area contributed by atoms with Gasteiger partial charge in [-0.25, -0.2) is 0 Å². The van der Waals surface area contributed by atoms with Gasteiger partial charge in [0.1, 0.15) is 11.9 Å². The molecule has 1 aliphatic heterocycles. The topological polar surface area (TPSA) is 69.8 Å². The van der Waals surface area contributed by atoms with E-state index in [1.165, 1.54) is 18.2 Å². The van der Waals surface area contributed by atoms with Gasteiger partial charge < -0.3 is 14.9 Å². The van der Waals surface area contributed by atoms with Crippen molar-refractivity contribution in [3.8, 4) is 5.75 Å². The number of phenols is 1. The highest BCUT2D eigenvalue weighted by Gasteiger charge is 2.36. The van der Waals surface area contributed by atoms with Crippen LogP contribution in [0.25, 0.3) is 0 Å². The number of phenolic OH excluding ortho intramolecular Hbond substituents is 1. The van der Waals surface area contributed by atoms with Crippen molar-refractivity contribution in [2.75, 3.05) is 22.9 Å². The molecule has 0 bridgehead atoms. The maximum absolute atomic E-state index is 11.3. The molecule has 1 heterocycles. The van der Waals surface area contributed by atoms with Crippen molar-refractivity contribution < 1.29 is 10.0 Å². The second-order valence-corrected chi connectivity index (χ2v) is 6.43. The Morgan fingerprint density at radius 3 is 1.85 bits per heavy atom. The predicted molar refractivity (Wildman–Crippen MR) is 105 cm³/mol. The van der Waals surface area contributed by atoms with Crippen LogP contribution in [-0.4, -0.2) is 23.1 Å². The van der Waals surface area contributed by atoms with E-state index >= 15 is 0 Å². The summed E-state index contributed by atoms with van der Waals surface area (Å²) in [6.07, 6.45) is -0.338. The Morgan fingerprint density at radius 2 is 1.37 bits per heavy atom. The minimum atomic E-state index is -0.433. The molecule has 0 amide bonds. The van der Waals surface area contributed by atoms with E-state index in [1.54, 1.807) is 0 Å². The Morgan fingerprint density at radius 1 is 0.852 bits per heavy atom. The first-order chi connectivity index (χ1) is 13.1. The van der Waals surface area contributed by atoms with E-state index < -0.39 is 4.92 Å². The highest BCUT2D eigenvalue weighted by Crippen LogP contribution is 2.41. The first-order valence-electron chi connectivity index (χ1n) is 8.76. The maximum Gasteiger partial charge on any atom is 0.270 e. The molecule has 1 saturated heterocycles. The van der Waals surface area contributed by atoms with Gasteiger partial charge in [-0.3, -0.25) is 10.1 Å². The molecule has 1 fully saturated rings. The van der Waals surface area contributed by atoms with Gasteiger partial charge in [0.15, 0.2) is 0 Å². The van der Waals surface area contributed by atoms with Crippen LogP contribution in [0.15, 0.2) is 78.9 Å². The van der Waals surface area contributed by atoms with Crippen LogP contribution >= 0.6 is 0 Å². The van der Waals surface area contributed by atoms with Crippen LogP contribution in [0.5, 0.6) is 5.75 Å². The highest BCUT2D eigenvalue weighted by atomic mass is 16.6. The van der Waals surface area contributed by atoms with Crippen molar-refractivity contribution in [2.24, 2.45) is 0 Å². The molecule has 136 valence electrons. The summed E-state index contributed by atoms with van der Waals surface area (Å²) < 4.78 is 0. The molecule has 0 unspecified atom stereocenters. The van der Waals surface area contributed by atoms with Crippen LogP contribution in [0.4, 0.5) is 17.1 Å². The lowest BCUT2D eigenvalue weighted by molar-refractivity contribution is -0.385. The predicted octanol–water partition coefficient (Wildman–Crippen LogP) is 4.33. The van der Waals surface area contributed by atoms with Gasteiger partial charge in [0.2, 0.25) is 0 Å². The molecule has 1 aliphatic rings. The van der Waals surface area contributed by atoms with E-state index in [0.29, 0.717) is 5.56 Å². The Balaban J connectivity index is 1.84. The summed E-state index contributed by atoms with van der Waals surface area (Å²) in [5, 5.41) is 21.8. The van der Waals surface area contributed by atoms with E-state index in [4.69, 9.17) is 0 Å². The Hall–Kier alpha value is -3.54. The molecular formula is C21H19N3O3. The van der Waals surface area contributed by atoms with Crippen molar-refractivity contribution in [2.45, 2.75) is 6.17 Å². The van der Waals surface area contributed by atoms with Crippen molar-refractivity contribution in [1.29, 1.82) is 0 Å². The Bertz CT molecular complexity index is 900. The lowest BCUT2D eigenvalue weighted by Crippen LogP contribution is -2.31. The van der Waals surface area contributed by atoms with Crippen molar-refractivity contribution >= 4 is 17.1 Å². The van der Waals surface area contributed by atoms with Gasteiger partial charge >= 0.3 is 0 Å². The van der Waals surface area contributed by atoms with E-state index in [9.17, 15) is 15.2 Å². The van der Waals surface area contributed by atoms with Gasteiger partial charge in [0, 0.05) is 42.2 Å². The summed E-state index contributed by atoms with van der Waals surface area (Å²) in [4.78, 5) is 15.2. The van der Waals surface area contributed by atoms with Gasteiger partial charge in [0.05, 0.1) is 4.92 Å². The minimum Gasteiger partial charge on any atom is -0.508 e. The molecule has 0 spiro atoms. The number of nitro groups is 1. The normalized spacial score (nSPS) is 14.5. The third-order valence-corrected chi connectivity index (χ3v) is 4.85. The lowest BCUT2D eigenvalue weighted by Gasteiger charge is -2.33. The minimum absolute atomic E-state index is 0.0317. The summed E-state index contributed by atoms with van der Waals surface area (Å²) >= 11 is 0. The van der Waals surface area contributed by atoms with Crippen LogP contribution in [0, 0.1) is 10.1 Å². The fourth-order valence-corrected chi connectivity index (χ4v) is 3.61. The van der Waals surface area contributed by atoms with E-state index in [1.807, 2.05) is 60.7 Å². The zero-order valence-electron chi connectivity index (χ0n) is 14.6. The van der Waals surface area contributed by atoms with Crippen LogP contribution < -0.4 is 9.80 Å². The molecule has 4 rings (SSSR count). The highest BCUT2D eigenvalue weighted by molar-refractivity contribution is 5.61. The zero-order chi connectivity index (χ0) is 18.8. The third kappa shape index (κ3) is 3.17. The lowest BCUT2D eigenvalue weighted by atomic mass is 10.1. The second kappa shape index (κ2) is 6.99. The Kier molecular flexibility index (Phi) is 4.38. The van der Waals surface area contributed by atoms with E-state index in [2.05, 4.69) is 9.80 Å². The molecule has 0 aliphatic carbocycles. The summed E-state index contributed by atoms with van der Waals surface area (Å²) in [5.74, 6) is 0.0503. The number of para-hydroxylation sites is 2. The monoisotopic (exact) mass is 361 g/mol. The number of nitro benzene ring substituents is 1. The smallest absolute Gasteiger partial charge is 0.270 e. The second-order valence-electron chi connectivity index (χ2n) is 6.43. The molecule has 6 nitrogen and oxygen atoms in total. The van der Waals surface area contributed by atoms with Gasteiger partial charge in [-0.05, 0) is 30.3 Å². The Labute approximate surface area is 157 Å². The molecule has 0 radical (unpaired) electrons. The number of non-ortho nitro benzene ring substituents is 1. The summed E-state index contributed by atoms with van der Waals surface area (Å²) in [7, 11) is 0. The summed E-state index contributed by atoms with van der Waals surface area (Å²) in [6, 6.07) is 24.0. The van der Waals surface area contributed by atoms with Crippen LogP contribution in [0.1, 0.15) is 11.7 Å². The average molecular weight is 361 g/mol. The quantitative estimate of drug-likeness (QED) is 0.553. The first-order valence-corrected chi connectivity index (χ1v) is 8.76. The molecule has 0 aromatic heterocycles. The van der Waals surface area contributed by atoms with Gasteiger partial charge in [-0.2, -0.15) is 0 Å². The number of hydrogen-bond acceptors (Lipinski definition) is 5. The van der Waals surface area contributed by atoms with Crippen molar-refractivity contribution in [3.05, 3.63) is 94.5 Å². The van der Waals surface area contributed by atoms with Gasteiger partial charge in [0.25, 0.3) is 5.69 Å². The molecule has 27 heavy (non-hydrogen) atoms. The van der Waals surface area contributed by atoms with Crippen molar-refractivity contribution in [3.63, 3.8) is 0 Å². The molecule has 0 atom stereocenters. The molecule has 3 aromatic carbocycles. The summed E-state index contributed by atoms with van der Waals surface area (Å²) in [5.41, 5.74) is 2.50. The number of hydrogen-bond donors (Lipinski definition) is 1. The molecule has 0 saturated carbocycles. The number of aromatic hydroxyl groups is 1. The van der Waals surface area contributed by atoms with Crippen molar-refractivity contribution in [1.82, 2.24) is 0 Å². The molecular weight excluding hydrogens is 342 g/mol. The van der Waals surface area contributed by atoms with Gasteiger partial charge in [-0.15, -0.1) is 0 Å². The number of rotatable bonds is 4. The number of benzene rings is 3. The van der Waals surface area contributed by atoms with Gasteiger partial charge in [-0.1, -0.05) is 36.4 Å². The standard InChI is InChI=1S/C21H19N3O3/c25-20-12-11-18(24(26)27)15-19(20)21-22(16-7-3-1-4-8-16)13-14-23(21)17-9-5-2-6-10-17/h1-12,15,21,25H,13-14H2. The van der Waals surface area contributed by atoms with E-state index in [0.717, 1.165) is 24.5 Å². The van der Waals surface area contributed by atoms with Crippen LogP contribution in [0.2, 0.25) is 0 Å². The summed E-state index contributed by atoms with van der Waals surface area (Å²) in [6.45, 7) is 1.48. The average Bonchev–Trinajstić information content (AvgIpc) is 3.14. The van der Waals surface area contributed by atoms with Crippen LogP contribution in [0.3, 0.4) is 0 Å². The number of anilines is 2. The van der Waals surface area contributed by atoms with E-state index in [-0.39, 0.29) is 17.6 Å². The molecule has 1 N–H and O–H groups in total. The zero-order valence-corrected chi connectivity index (χ0v) is 14.6. The fraction of sp³-hybridized carbons (Fsp3) is 0.143. The molecule has 6 heteroatoms. The number of nitrogens with zero attached hydrogens (tertiary/aromatic N) is 3. The third-order valence-electron chi connectivity index (χ3n) is 4.85. The fourth-order valence-electron chi connectivity index (χ4n) is 3.61. The van der Waals surface area contributed by atoms with Crippen LogP contribution in [-0.2, 0) is 0 Å². The first kappa shape index (κ1) is 16.9. The maximum atomic E-state index is 11.3. The largest absolute Gasteiger partial charge is 0.508 e. The SMILES string of the molecule is O=[N+]([O-])c1ccc(O)c(C2N(c3ccccc3)CCN2c2ccccc2)c1.